The molecule has 98 valence electrons. The van der Waals surface area contributed by atoms with Gasteiger partial charge in [0.05, 0.1) is 17.1 Å². The van der Waals surface area contributed by atoms with Crippen molar-refractivity contribution >= 4 is 11.8 Å². The van der Waals surface area contributed by atoms with E-state index in [1.165, 1.54) is 0 Å². The smallest absolute Gasteiger partial charge is 0.169 e. The third-order valence-corrected chi connectivity index (χ3v) is 4.25. The lowest BCUT2D eigenvalue weighted by molar-refractivity contribution is 0.725. The molecular weight excluding hydrogens is 268 g/mol. The van der Waals surface area contributed by atoms with Gasteiger partial charge in [-0.2, -0.15) is 0 Å². The first-order chi connectivity index (χ1) is 9.93. The maximum Gasteiger partial charge on any atom is 0.169 e. The average molecular weight is 280 g/mol. The molecule has 4 rings (SSSR count). The van der Waals surface area contributed by atoms with Crippen molar-refractivity contribution in [1.29, 1.82) is 0 Å². The summed E-state index contributed by atoms with van der Waals surface area (Å²) in [6, 6.07) is 11.9. The molecule has 3 aromatic rings. The van der Waals surface area contributed by atoms with Gasteiger partial charge in [0.15, 0.2) is 5.16 Å². The molecular formula is C15H12N4S. The number of thioether (sulfide) groups is 1. The molecule has 0 fully saturated rings. The van der Waals surface area contributed by atoms with Gasteiger partial charge in [-0.05, 0) is 24.3 Å². The zero-order valence-corrected chi connectivity index (χ0v) is 11.5. The first-order valence-electron chi connectivity index (χ1n) is 6.49. The topological polar surface area (TPSA) is 43.6 Å². The molecule has 4 nitrogen and oxygen atoms in total. The Morgan fingerprint density at radius 2 is 1.70 bits per heavy atom. The Balaban J connectivity index is 1.97. The zero-order chi connectivity index (χ0) is 13.4. The maximum atomic E-state index is 4.76. The molecule has 3 aromatic heterocycles. The molecule has 0 unspecified atom stereocenters. The molecule has 5 heteroatoms. The lowest BCUT2D eigenvalue weighted by atomic mass is 10.1. The van der Waals surface area contributed by atoms with Gasteiger partial charge in [0, 0.05) is 24.7 Å². The minimum Gasteiger partial charge on any atom is -0.316 e. The first-order valence-corrected chi connectivity index (χ1v) is 7.48. The molecule has 0 saturated heterocycles. The average Bonchev–Trinajstić information content (AvgIpc) is 3.09. The summed E-state index contributed by atoms with van der Waals surface area (Å²) in [5, 5.41) is 1.06. The summed E-state index contributed by atoms with van der Waals surface area (Å²) in [6.07, 6.45) is 3.62. The van der Waals surface area contributed by atoms with Crippen LogP contribution in [-0.2, 0) is 6.54 Å². The normalized spacial score (nSPS) is 13.4. The minimum atomic E-state index is 0.899. The second-order valence-electron chi connectivity index (χ2n) is 4.52. The molecule has 20 heavy (non-hydrogen) atoms. The van der Waals surface area contributed by atoms with Crippen LogP contribution in [0, 0.1) is 0 Å². The molecule has 0 spiro atoms. The van der Waals surface area contributed by atoms with Crippen molar-refractivity contribution in [3.63, 3.8) is 0 Å². The van der Waals surface area contributed by atoms with Crippen molar-refractivity contribution in [1.82, 2.24) is 19.5 Å². The fraction of sp³-hybridized carbons (Fsp3) is 0.133. The summed E-state index contributed by atoms with van der Waals surface area (Å²) in [7, 11) is 0. The van der Waals surface area contributed by atoms with Crippen molar-refractivity contribution in [2.45, 2.75) is 11.7 Å². The van der Waals surface area contributed by atoms with Gasteiger partial charge in [-0.15, -0.1) is 0 Å². The van der Waals surface area contributed by atoms with Crippen LogP contribution >= 0.6 is 11.8 Å². The standard InChI is InChI=1S/C15H12N4S/c1-3-7-16-11(5-1)13-14(12-6-2-4-8-17-12)19-9-10-20-15(19)18-13/h1-8H,9-10H2. The Hall–Kier alpha value is -2.14. The predicted octanol–water partition coefficient (Wildman–Crippen LogP) is 3.11. The van der Waals surface area contributed by atoms with Crippen LogP contribution in [-0.4, -0.2) is 25.3 Å². The van der Waals surface area contributed by atoms with Crippen LogP contribution < -0.4 is 0 Å². The van der Waals surface area contributed by atoms with E-state index in [1.54, 1.807) is 18.0 Å². The van der Waals surface area contributed by atoms with Gasteiger partial charge in [-0.3, -0.25) is 9.97 Å². The fourth-order valence-electron chi connectivity index (χ4n) is 2.42. The number of nitrogens with zero attached hydrogens (tertiary/aromatic N) is 4. The Morgan fingerprint density at radius 3 is 2.40 bits per heavy atom. The quantitative estimate of drug-likeness (QED) is 0.723. The molecule has 4 heterocycles. The van der Waals surface area contributed by atoms with Gasteiger partial charge >= 0.3 is 0 Å². The van der Waals surface area contributed by atoms with Crippen LogP contribution in [0.2, 0.25) is 0 Å². The van der Waals surface area contributed by atoms with Gasteiger partial charge < -0.3 is 4.57 Å². The van der Waals surface area contributed by atoms with Crippen molar-refractivity contribution < 1.29 is 0 Å². The molecule has 0 saturated carbocycles. The zero-order valence-electron chi connectivity index (χ0n) is 10.7. The molecule has 0 N–H and O–H groups in total. The molecule has 0 aromatic carbocycles. The number of rotatable bonds is 2. The van der Waals surface area contributed by atoms with E-state index in [0.29, 0.717) is 0 Å². The number of aromatic nitrogens is 4. The molecule has 1 aliphatic rings. The van der Waals surface area contributed by atoms with E-state index in [9.17, 15) is 0 Å². The van der Waals surface area contributed by atoms with Crippen LogP contribution in [0.15, 0.2) is 53.9 Å². The van der Waals surface area contributed by atoms with Gasteiger partial charge in [0.1, 0.15) is 5.69 Å². The van der Waals surface area contributed by atoms with Gasteiger partial charge in [0.2, 0.25) is 0 Å². The lowest BCUT2D eigenvalue weighted by Crippen LogP contribution is -1.99. The summed E-state index contributed by atoms with van der Waals surface area (Å²) >= 11 is 1.79. The summed E-state index contributed by atoms with van der Waals surface area (Å²) in [6.45, 7) is 0.978. The molecule has 0 atom stereocenters. The number of hydrogen-bond donors (Lipinski definition) is 0. The van der Waals surface area contributed by atoms with Crippen molar-refractivity contribution in [2.75, 3.05) is 5.75 Å². The maximum absolute atomic E-state index is 4.76. The van der Waals surface area contributed by atoms with E-state index in [2.05, 4.69) is 14.5 Å². The molecule has 0 aliphatic carbocycles. The molecule has 0 amide bonds. The monoisotopic (exact) mass is 280 g/mol. The Kier molecular flexibility index (Phi) is 2.77. The Bertz CT molecular complexity index is 737. The van der Waals surface area contributed by atoms with E-state index in [4.69, 9.17) is 4.98 Å². The first kappa shape index (κ1) is 11.7. The number of imidazole rings is 1. The highest BCUT2D eigenvalue weighted by atomic mass is 32.2. The van der Waals surface area contributed by atoms with Crippen molar-refractivity contribution in [2.24, 2.45) is 0 Å². The van der Waals surface area contributed by atoms with Crippen LogP contribution in [0.1, 0.15) is 0 Å². The van der Waals surface area contributed by atoms with Gasteiger partial charge in [-0.25, -0.2) is 4.98 Å². The van der Waals surface area contributed by atoms with Crippen LogP contribution in [0.3, 0.4) is 0 Å². The number of fused-ring (bicyclic) bond motifs is 1. The third kappa shape index (κ3) is 1.82. The van der Waals surface area contributed by atoms with Gasteiger partial charge in [0.25, 0.3) is 0 Å². The Labute approximate surface area is 120 Å². The van der Waals surface area contributed by atoms with E-state index < -0.39 is 0 Å². The van der Waals surface area contributed by atoms with E-state index in [0.717, 1.165) is 40.2 Å². The SMILES string of the molecule is c1ccc(-c2nc3n(c2-c2ccccn2)CCS3)nc1. The highest BCUT2D eigenvalue weighted by molar-refractivity contribution is 7.99. The summed E-state index contributed by atoms with van der Waals surface area (Å²) in [5.41, 5.74) is 3.85. The fourth-order valence-corrected chi connectivity index (χ4v) is 3.37. The summed E-state index contributed by atoms with van der Waals surface area (Å²) in [5.74, 6) is 1.07. The second-order valence-corrected chi connectivity index (χ2v) is 5.58. The van der Waals surface area contributed by atoms with E-state index >= 15 is 0 Å². The number of hydrogen-bond acceptors (Lipinski definition) is 4. The summed E-state index contributed by atoms with van der Waals surface area (Å²) in [4.78, 5) is 13.7. The largest absolute Gasteiger partial charge is 0.316 e. The van der Waals surface area contributed by atoms with Crippen LogP contribution in [0.4, 0.5) is 0 Å². The summed E-state index contributed by atoms with van der Waals surface area (Å²) < 4.78 is 2.25. The van der Waals surface area contributed by atoms with Gasteiger partial charge in [-0.1, -0.05) is 23.9 Å². The highest BCUT2D eigenvalue weighted by Gasteiger charge is 2.24. The molecule has 0 bridgehead atoms. The van der Waals surface area contributed by atoms with Crippen molar-refractivity contribution in [3.05, 3.63) is 48.8 Å². The third-order valence-electron chi connectivity index (χ3n) is 3.29. The predicted molar refractivity (Wildman–Crippen MR) is 79.4 cm³/mol. The lowest BCUT2D eigenvalue weighted by Gasteiger charge is -2.06. The molecule has 1 aliphatic heterocycles. The van der Waals surface area contributed by atoms with E-state index in [-0.39, 0.29) is 0 Å². The van der Waals surface area contributed by atoms with E-state index in [1.807, 2.05) is 42.6 Å². The van der Waals surface area contributed by atoms with Crippen molar-refractivity contribution in [3.8, 4) is 22.8 Å². The minimum absolute atomic E-state index is 0.899. The number of pyridine rings is 2. The van der Waals surface area contributed by atoms with Crippen LogP contribution in [0.25, 0.3) is 22.8 Å². The molecule has 0 radical (unpaired) electrons. The highest BCUT2D eigenvalue weighted by Crippen LogP contribution is 2.37. The second kappa shape index (κ2) is 4.76. The Morgan fingerprint density at radius 1 is 0.950 bits per heavy atom. The van der Waals surface area contributed by atoms with Crippen LogP contribution in [0.5, 0.6) is 0 Å².